The number of benzene rings is 2. The van der Waals surface area contributed by atoms with Crippen molar-refractivity contribution in [1.82, 2.24) is 5.32 Å². The molecule has 0 bridgehead atoms. The topological polar surface area (TPSA) is 29.1 Å². The Bertz CT molecular complexity index is 806. The molecule has 3 aromatic rings. The number of hydrogen-bond acceptors (Lipinski definition) is 2. The van der Waals surface area contributed by atoms with Gasteiger partial charge in [0.05, 0.1) is 0 Å². The molecule has 112 valence electrons. The molecule has 0 fully saturated rings. The molecule has 1 atom stereocenters. The van der Waals surface area contributed by atoms with Gasteiger partial charge in [-0.05, 0) is 54.3 Å². The van der Waals surface area contributed by atoms with Crippen LogP contribution in [0.4, 0.5) is 0 Å². The predicted molar refractivity (Wildman–Crippen MR) is 93.6 cm³/mol. The van der Waals surface area contributed by atoms with Crippen molar-refractivity contribution in [3.05, 3.63) is 70.6 Å². The second-order valence-electron chi connectivity index (χ2n) is 5.65. The normalized spacial score (nSPS) is 12.3. The number of hydrogen-bond donors (Lipinski definition) is 1. The summed E-state index contributed by atoms with van der Waals surface area (Å²) in [7, 11) is 0. The highest BCUT2D eigenvalue weighted by atomic mass is 32.1. The fourth-order valence-electron chi connectivity index (χ4n) is 2.70. The summed E-state index contributed by atoms with van der Waals surface area (Å²) in [6, 6.07) is 16.2. The van der Waals surface area contributed by atoms with Crippen LogP contribution in [0.25, 0.3) is 10.1 Å². The van der Waals surface area contributed by atoms with Gasteiger partial charge < -0.3 is 5.32 Å². The highest BCUT2D eigenvalue weighted by Gasteiger charge is 2.13. The third-order valence-corrected chi connectivity index (χ3v) is 4.87. The molecule has 1 heterocycles. The van der Waals surface area contributed by atoms with Gasteiger partial charge in [0, 0.05) is 16.3 Å². The Balaban J connectivity index is 1.71. The van der Waals surface area contributed by atoms with E-state index in [4.69, 9.17) is 0 Å². The van der Waals surface area contributed by atoms with Crippen molar-refractivity contribution in [3.8, 4) is 0 Å². The lowest BCUT2D eigenvalue weighted by Crippen LogP contribution is -2.34. The summed E-state index contributed by atoms with van der Waals surface area (Å²) in [5.74, 6) is 0.00475. The van der Waals surface area contributed by atoms with Crippen molar-refractivity contribution in [2.75, 3.05) is 0 Å². The van der Waals surface area contributed by atoms with E-state index in [1.807, 2.05) is 31.2 Å². The second-order valence-corrected chi connectivity index (χ2v) is 6.56. The van der Waals surface area contributed by atoms with Gasteiger partial charge in [-0.25, -0.2) is 0 Å². The van der Waals surface area contributed by atoms with Gasteiger partial charge in [0.25, 0.3) is 5.91 Å². The Labute approximate surface area is 134 Å². The molecule has 2 aromatic carbocycles. The number of amides is 1. The molecule has 1 N–H and O–H groups in total. The Morgan fingerprint density at radius 3 is 2.68 bits per heavy atom. The molecule has 0 spiro atoms. The first-order valence-electron chi connectivity index (χ1n) is 7.47. The third-order valence-electron chi connectivity index (χ3n) is 3.85. The number of nitrogens with one attached hydrogen (secondary N) is 1. The van der Waals surface area contributed by atoms with Crippen LogP contribution in [0.1, 0.15) is 28.4 Å². The Morgan fingerprint density at radius 1 is 1.14 bits per heavy atom. The smallest absolute Gasteiger partial charge is 0.251 e. The van der Waals surface area contributed by atoms with Crippen molar-refractivity contribution < 1.29 is 4.79 Å². The number of aryl methyl sites for hydroxylation is 1. The highest BCUT2D eigenvalue weighted by Crippen LogP contribution is 2.26. The summed E-state index contributed by atoms with van der Waals surface area (Å²) in [6.45, 7) is 4.02. The van der Waals surface area contributed by atoms with E-state index in [1.165, 1.54) is 15.6 Å². The third kappa shape index (κ3) is 3.04. The van der Waals surface area contributed by atoms with Crippen molar-refractivity contribution in [1.29, 1.82) is 0 Å². The van der Waals surface area contributed by atoms with Crippen LogP contribution in [-0.4, -0.2) is 11.9 Å². The van der Waals surface area contributed by atoms with E-state index in [-0.39, 0.29) is 11.9 Å². The Hall–Kier alpha value is -2.13. The maximum Gasteiger partial charge on any atom is 0.251 e. The zero-order chi connectivity index (χ0) is 15.5. The first-order chi connectivity index (χ1) is 10.6. The monoisotopic (exact) mass is 309 g/mol. The van der Waals surface area contributed by atoms with Crippen LogP contribution in [-0.2, 0) is 6.42 Å². The minimum atomic E-state index is 0.00475. The summed E-state index contributed by atoms with van der Waals surface area (Å²) in [5.41, 5.74) is 3.07. The van der Waals surface area contributed by atoms with Gasteiger partial charge in [-0.2, -0.15) is 0 Å². The molecule has 3 rings (SSSR count). The minimum absolute atomic E-state index is 0.00475. The largest absolute Gasteiger partial charge is 0.349 e. The molecular weight excluding hydrogens is 290 g/mol. The fraction of sp³-hybridized carbons (Fsp3) is 0.211. The predicted octanol–water partition coefficient (Wildman–Crippen LogP) is 4.57. The van der Waals surface area contributed by atoms with Crippen LogP contribution in [0.5, 0.6) is 0 Å². The number of carbonyl (C=O) groups excluding carboxylic acids is 1. The van der Waals surface area contributed by atoms with Gasteiger partial charge in [0.1, 0.15) is 0 Å². The summed E-state index contributed by atoms with van der Waals surface area (Å²) >= 11 is 1.76. The standard InChI is InChI=1S/C19H19NOS/c1-13-7-3-4-8-16(13)19(21)20-14(2)11-15-12-22-18-10-6-5-9-17(15)18/h3-10,12,14H,11H2,1-2H3,(H,20,21)/t14-/m1/s1. The van der Waals surface area contributed by atoms with Crippen molar-refractivity contribution >= 4 is 27.3 Å². The van der Waals surface area contributed by atoms with Crippen LogP contribution in [0.2, 0.25) is 0 Å². The molecule has 0 aliphatic heterocycles. The summed E-state index contributed by atoms with van der Waals surface area (Å²) in [4.78, 5) is 12.4. The molecule has 2 nitrogen and oxygen atoms in total. The maximum absolute atomic E-state index is 12.4. The number of thiophene rings is 1. The molecule has 0 saturated heterocycles. The van der Waals surface area contributed by atoms with E-state index < -0.39 is 0 Å². The van der Waals surface area contributed by atoms with Crippen molar-refractivity contribution in [2.45, 2.75) is 26.3 Å². The van der Waals surface area contributed by atoms with E-state index in [2.05, 4.69) is 41.9 Å². The van der Waals surface area contributed by atoms with Crippen molar-refractivity contribution in [3.63, 3.8) is 0 Å². The second kappa shape index (κ2) is 6.32. The van der Waals surface area contributed by atoms with Crippen LogP contribution < -0.4 is 5.32 Å². The Kier molecular flexibility index (Phi) is 4.25. The van der Waals surface area contributed by atoms with Crippen LogP contribution in [0.15, 0.2) is 53.9 Å². The molecular formula is C19H19NOS. The van der Waals surface area contributed by atoms with Gasteiger partial charge in [0.2, 0.25) is 0 Å². The zero-order valence-electron chi connectivity index (χ0n) is 12.8. The molecule has 0 aliphatic rings. The lowest BCUT2D eigenvalue weighted by atomic mass is 10.0. The number of fused-ring (bicyclic) bond motifs is 1. The lowest BCUT2D eigenvalue weighted by molar-refractivity contribution is 0.0939. The van der Waals surface area contributed by atoms with E-state index in [1.54, 1.807) is 11.3 Å². The molecule has 1 aromatic heterocycles. The summed E-state index contributed by atoms with van der Waals surface area (Å²) < 4.78 is 1.30. The molecule has 0 saturated carbocycles. The first-order valence-corrected chi connectivity index (χ1v) is 8.34. The van der Waals surface area contributed by atoms with Gasteiger partial charge in [-0.1, -0.05) is 36.4 Å². The van der Waals surface area contributed by atoms with E-state index >= 15 is 0 Å². The molecule has 0 aliphatic carbocycles. The fourth-order valence-corrected chi connectivity index (χ4v) is 3.68. The number of carbonyl (C=O) groups is 1. The van der Waals surface area contributed by atoms with Crippen LogP contribution >= 0.6 is 11.3 Å². The SMILES string of the molecule is Cc1ccccc1C(=O)N[C@H](C)Cc1csc2ccccc12. The molecule has 22 heavy (non-hydrogen) atoms. The Morgan fingerprint density at radius 2 is 1.86 bits per heavy atom. The summed E-state index contributed by atoms with van der Waals surface area (Å²) in [6.07, 6.45) is 0.849. The zero-order valence-corrected chi connectivity index (χ0v) is 13.6. The van der Waals surface area contributed by atoms with E-state index in [0.717, 1.165) is 17.5 Å². The molecule has 0 radical (unpaired) electrons. The van der Waals surface area contributed by atoms with E-state index in [0.29, 0.717) is 0 Å². The highest BCUT2D eigenvalue weighted by molar-refractivity contribution is 7.17. The lowest BCUT2D eigenvalue weighted by Gasteiger charge is -2.14. The molecule has 1 amide bonds. The van der Waals surface area contributed by atoms with Gasteiger partial charge in [0.15, 0.2) is 0 Å². The van der Waals surface area contributed by atoms with Crippen LogP contribution in [0.3, 0.4) is 0 Å². The molecule has 3 heteroatoms. The average molecular weight is 309 g/mol. The van der Waals surface area contributed by atoms with E-state index in [9.17, 15) is 4.79 Å². The first kappa shape index (κ1) is 14.8. The summed E-state index contributed by atoms with van der Waals surface area (Å²) in [5, 5.41) is 6.60. The van der Waals surface area contributed by atoms with Crippen molar-refractivity contribution in [2.24, 2.45) is 0 Å². The van der Waals surface area contributed by atoms with Gasteiger partial charge >= 0.3 is 0 Å². The van der Waals surface area contributed by atoms with Crippen LogP contribution in [0, 0.1) is 6.92 Å². The van der Waals surface area contributed by atoms with Gasteiger partial charge in [-0.3, -0.25) is 4.79 Å². The van der Waals surface area contributed by atoms with Gasteiger partial charge in [-0.15, -0.1) is 11.3 Å². The maximum atomic E-state index is 12.4. The molecule has 0 unspecified atom stereocenters. The minimum Gasteiger partial charge on any atom is -0.349 e. The quantitative estimate of drug-likeness (QED) is 0.751. The number of rotatable bonds is 4. The average Bonchev–Trinajstić information content (AvgIpc) is 2.91.